The fourth-order valence-electron chi connectivity index (χ4n) is 1.19. The lowest BCUT2D eigenvalue weighted by Gasteiger charge is -2.08. The van der Waals surface area contributed by atoms with Crippen LogP contribution >= 0.6 is 12.6 Å². The van der Waals surface area contributed by atoms with Crippen molar-refractivity contribution in [1.29, 1.82) is 0 Å². The third-order valence-electron chi connectivity index (χ3n) is 1.84. The molecule has 1 aromatic carbocycles. The van der Waals surface area contributed by atoms with Crippen molar-refractivity contribution in [3.63, 3.8) is 0 Å². The fraction of sp³-hybridized carbons (Fsp3) is 0.333. The zero-order valence-corrected chi connectivity index (χ0v) is 7.75. The second-order valence-corrected chi connectivity index (χ2v) is 3.16. The summed E-state index contributed by atoms with van der Waals surface area (Å²) in [5, 5.41) is 0. The van der Waals surface area contributed by atoms with Gasteiger partial charge in [0.15, 0.2) is 0 Å². The van der Waals surface area contributed by atoms with Gasteiger partial charge in [-0.3, -0.25) is 0 Å². The Morgan fingerprint density at radius 1 is 0.923 bits per heavy atom. The van der Waals surface area contributed by atoms with E-state index in [2.05, 4.69) is 12.6 Å². The van der Waals surface area contributed by atoms with Crippen LogP contribution in [0.3, 0.4) is 0 Å². The van der Waals surface area contributed by atoms with Crippen molar-refractivity contribution in [2.45, 2.75) is 24.9 Å². The second kappa shape index (κ2) is 4.56. The maximum Gasteiger partial charge on any atom is 0.115 e. The summed E-state index contributed by atoms with van der Waals surface area (Å²) in [5.41, 5.74) is 0.480. The molecule has 0 aliphatic heterocycles. The van der Waals surface area contributed by atoms with Gasteiger partial charge >= 0.3 is 0 Å². The Hall–Kier alpha value is -0.640. The molecular weight excluding hydrogens is 197 g/mol. The number of halogens is 3. The Morgan fingerprint density at radius 2 is 1.38 bits per heavy atom. The quantitative estimate of drug-likeness (QED) is 0.720. The van der Waals surface area contributed by atoms with Crippen LogP contribution in [0, 0.1) is 0 Å². The van der Waals surface area contributed by atoms with Crippen LogP contribution in [0.15, 0.2) is 17.0 Å². The molecule has 0 radical (unpaired) electrons. The number of alkyl halides is 3. The van der Waals surface area contributed by atoms with E-state index in [1.54, 1.807) is 0 Å². The highest BCUT2D eigenvalue weighted by Crippen LogP contribution is 2.23. The largest absolute Gasteiger partial charge is 0.246 e. The van der Waals surface area contributed by atoms with Gasteiger partial charge in [-0.05, 0) is 28.8 Å². The normalized spacial score (nSPS) is 10.5. The Morgan fingerprint density at radius 3 is 1.69 bits per heavy atom. The van der Waals surface area contributed by atoms with Gasteiger partial charge in [0.2, 0.25) is 0 Å². The molecule has 72 valence electrons. The molecule has 0 fully saturated rings. The van der Waals surface area contributed by atoms with Gasteiger partial charge < -0.3 is 0 Å². The number of thiol groups is 1. The van der Waals surface area contributed by atoms with Crippen LogP contribution in [0.25, 0.3) is 0 Å². The van der Waals surface area contributed by atoms with Gasteiger partial charge in [0, 0.05) is 4.90 Å². The molecule has 4 heteroatoms. The minimum Gasteiger partial charge on any atom is -0.246 e. The van der Waals surface area contributed by atoms with E-state index in [0.717, 1.165) is 0 Å². The predicted octanol–water partition coefficient (Wildman–Crippen LogP) is 3.38. The molecule has 0 spiro atoms. The molecule has 0 saturated heterocycles. The van der Waals surface area contributed by atoms with Gasteiger partial charge in [-0.1, -0.05) is 0 Å². The number of benzene rings is 1. The van der Waals surface area contributed by atoms with Crippen molar-refractivity contribution in [3.8, 4) is 0 Å². The molecule has 0 aliphatic rings. The van der Waals surface area contributed by atoms with Crippen LogP contribution in [-0.4, -0.2) is 0 Å². The van der Waals surface area contributed by atoms with Gasteiger partial charge in [0.1, 0.15) is 20.0 Å². The third kappa shape index (κ3) is 2.18. The molecule has 1 rings (SSSR count). The molecule has 0 atom stereocenters. The van der Waals surface area contributed by atoms with Crippen LogP contribution in [-0.2, 0) is 20.0 Å². The lowest BCUT2D eigenvalue weighted by atomic mass is 10.0. The van der Waals surface area contributed by atoms with E-state index in [1.807, 2.05) is 0 Å². The topological polar surface area (TPSA) is 0 Å². The molecule has 1 aromatic rings. The van der Waals surface area contributed by atoms with Crippen molar-refractivity contribution in [2.75, 3.05) is 0 Å². The molecule has 0 nitrogen and oxygen atoms in total. The average molecular weight is 206 g/mol. The van der Waals surface area contributed by atoms with Crippen LogP contribution in [0.2, 0.25) is 0 Å². The van der Waals surface area contributed by atoms with Crippen molar-refractivity contribution in [1.82, 2.24) is 0 Å². The monoisotopic (exact) mass is 206 g/mol. The first-order valence-corrected chi connectivity index (χ1v) is 4.19. The maximum atomic E-state index is 12.4. The molecule has 13 heavy (non-hydrogen) atoms. The van der Waals surface area contributed by atoms with E-state index in [4.69, 9.17) is 0 Å². The summed E-state index contributed by atoms with van der Waals surface area (Å²) < 4.78 is 37.1. The smallest absolute Gasteiger partial charge is 0.115 e. The van der Waals surface area contributed by atoms with Gasteiger partial charge in [-0.2, -0.15) is 0 Å². The van der Waals surface area contributed by atoms with E-state index in [9.17, 15) is 13.2 Å². The molecule has 0 aliphatic carbocycles. The molecule has 0 N–H and O–H groups in total. The predicted molar refractivity (Wildman–Crippen MR) is 48.1 cm³/mol. The Kier molecular flexibility index (Phi) is 3.66. The Balaban J connectivity index is 3.25. The molecule has 0 heterocycles. The summed E-state index contributed by atoms with van der Waals surface area (Å²) in [6.07, 6.45) is 0. The molecular formula is C9H9F3S. The highest BCUT2D eigenvalue weighted by molar-refractivity contribution is 7.80. The Labute approximate surface area is 80.2 Å². The first-order chi connectivity index (χ1) is 6.22. The minimum absolute atomic E-state index is 0.114. The molecule has 0 saturated carbocycles. The summed E-state index contributed by atoms with van der Waals surface area (Å²) >= 11 is 3.96. The average Bonchev–Trinajstić information content (AvgIpc) is 2.16. The lowest BCUT2D eigenvalue weighted by molar-refractivity contribution is 0.435. The zero-order chi connectivity index (χ0) is 9.84. The highest BCUT2D eigenvalue weighted by atomic mass is 32.1. The minimum atomic E-state index is -0.841. The Bertz CT molecular complexity index is 274. The van der Waals surface area contributed by atoms with Crippen molar-refractivity contribution >= 4 is 12.6 Å². The van der Waals surface area contributed by atoms with Crippen LogP contribution in [0.1, 0.15) is 16.7 Å². The zero-order valence-electron chi connectivity index (χ0n) is 6.86. The standard InChI is InChI=1S/C9H9F3S/c10-3-6-1-8(13)2-7(4-11)9(6)5-12/h1-2,13H,3-5H2. The number of hydrogen-bond acceptors (Lipinski definition) is 1. The molecule has 0 aromatic heterocycles. The summed E-state index contributed by atoms with van der Waals surface area (Å²) in [6.45, 7) is -2.42. The lowest BCUT2D eigenvalue weighted by Crippen LogP contribution is -1.96. The maximum absolute atomic E-state index is 12.4. The van der Waals surface area contributed by atoms with Gasteiger partial charge in [0.25, 0.3) is 0 Å². The summed E-state index contributed by atoms with van der Waals surface area (Å²) in [6, 6.07) is 2.83. The summed E-state index contributed by atoms with van der Waals surface area (Å²) in [4.78, 5) is 0.456. The summed E-state index contributed by atoms with van der Waals surface area (Å²) in [5.74, 6) is 0. The van der Waals surface area contributed by atoms with Crippen molar-refractivity contribution in [2.24, 2.45) is 0 Å². The van der Waals surface area contributed by atoms with E-state index in [0.29, 0.717) is 4.90 Å². The fourth-order valence-corrected chi connectivity index (χ4v) is 1.50. The van der Waals surface area contributed by atoms with Crippen molar-refractivity contribution < 1.29 is 13.2 Å². The van der Waals surface area contributed by atoms with E-state index in [1.165, 1.54) is 12.1 Å². The first-order valence-electron chi connectivity index (χ1n) is 3.74. The van der Waals surface area contributed by atoms with Gasteiger partial charge in [-0.15, -0.1) is 12.6 Å². The highest BCUT2D eigenvalue weighted by Gasteiger charge is 2.09. The van der Waals surface area contributed by atoms with Crippen LogP contribution in [0.4, 0.5) is 13.2 Å². The van der Waals surface area contributed by atoms with Crippen molar-refractivity contribution in [3.05, 3.63) is 28.8 Å². The first kappa shape index (κ1) is 10.4. The number of rotatable bonds is 3. The van der Waals surface area contributed by atoms with Gasteiger partial charge in [0.05, 0.1) is 0 Å². The van der Waals surface area contributed by atoms with E-state index < -0.39 is 20.0 Å². The van der Waals surface area contributed by atoms with Crippen LogP contribution < -0.4 is 0 Å². The molecule has 0 unspecified atom stereocenters. The third-order valence-corrected chi connectivity index (χ3v) is 2.10. The summed E-state index contributed by atoms with van der Waals surface area (Å²) in [7, 11) is 0. The number of hydrogen-bond donors (Lipinski definition) is 1. The molecule has 0 bridgehead atoms. The van der Waals surface area contributed by atoms with E-state index in [-0.39, 0.29) is 16.7 Å². The van der Waals surface area contributed by atoms with Gasteiger partial charge in [-0.25, -0.2) is 13.2 Å². The van der Waals surface area contributed by atoms with E-state index >= 15 is 0 Å². The molecule has 0 amide bonds. The van der Waals surface area contributed by atoms with Crippen LogP contribution in [0.5, 0.6) is 0 Å². The SMILES string of the molecule is FCc1cc(S)cc(CF)c1CF. The second-order valence-electron chi connectivity index (χ2n) is 2.64.